The van der Waals surface area contributed by atoms with Crippen molar-refractivity contribution in [2.24, 2.45) is 0 Å². The summed E-state index contributed by atoms with van der Waals surface area (Å²) in [5.41, 5.74) is 3.79. The first-order valence-corrected chi connectivity index (χ1v) is 14.2. The average Bonchev–Trinajstić information content (AvgIpc) is 3.04. The molecule has 36 heavy (non-hydrogen) atoms. The second-order valence-electron chi connectivity index (χ2n) is 9.04. The van der Waals surface area contributed by atoms with Crippen LogP contribution in [0.1, 0.15) is 33.1 Å². The molecule has 1 saturated heterocycles. The number of hydrogen-bond acceptors (Lipinski definition) is 5. The third-order valence-corrected chi connectivity index (χ3v) is 8.82. The molecule has 0 saturated carbocycles. The quantitative estimate of drug-likeness (QED) is 0.522. The first kappa shape index (κ1) is 24.7. The van der Waals surface area contributed by atoms with Gasteiger partial charge >= 0.3 is 0 Å². The lowest BCUT2D eigenvalue weighted by atomic mass is 9.98. The number of rotatable bonds is 6. The zero-order valence-corrected chi connectivity index (χ0v) is 21.5. The predicted octanol–water partition coefficient (Wildman–Crippen LogP) is 4.53. The molecule has 184 valence electrons. The zero-order valence-electron chi connectivity index (χ0n) is 19.8. The minimum Gasteiger partial charge on any atom is -0.343 e. The number of nitrogens with zero attached hydrogens (tertiary/aromatic N) is 1. The molecule has 2 amide bonds. The van der Waals surface area contributed by atoms with Crippen LogP contribution in [0.2, 0.25) is 0 Å². The van der Waals surface area contributed by atoms with Gasteiger partial charge in [-0.3, -0.25) is 14.4 Å². The van der Waals surface area contributed by atoms with Crippen LogP contribution in [0.15, 0.2) is 84.9 Å². The van der Waals surface area contributed by atoms with Crippen molar-refractivity contribution < 1.29 is 14.4 Å². The van der Waals surface area contributed by atoms with Crippen LogP contribution in [0.4, 0.5) is 0 Å². The summed E-state index contributed by atoms with van der Waals surface area (Å²) >= 11 is 2.88. The Bertz CT molecular complexity index is 1240. The standard InChI is InChI=1S/C29H28N2O3S2/c32-27(26(17-20-9-3-1-4-10-20)36-29(34)21-11-5-2-6-12-21)30-24-18-22-13-7-8-14-23(22)25-19-35-16-15-31(25)28(24)33/h1-14,24-26H,15-19H2,(H,30,32)/t24?,25?,26-/m0/s1. The molecule has 1 fully saturated rings. The van der Waals surface area contributed by atoms with Gasteiger partial charge in [0.05, 0.1) is 11.3 Å². The molecule has 1 N–H and O–H groups in total. The Morgan fingerprint density at radius 1 is 0.972 bits per heavy atom. The van der Waals surface area contributed by atoms with E-state index in [0.717, 1.165) is 34.4 Å². The fourth-order valence-corrected chi connectivity index (χ4v) is 6.90. The van der Waals surface area contributed by atoms with E-state index in [0.29, 0.717) is 24.9 Å². The van der Waals surface area contributed by atoms with Crippen molar-refractivity contribution in [2.75, 3.05) is 18.1 Å². The Morgan fingerprint density at radius 2 is 1.67 bits per heavy atom. The second kappa shape index (κ2) is 11.4. The average molecular weight is 517 g/mol. The Kier molecular flexibility index (Phi) is 7.78. The fourth-order valence-electron chi connectivity index (χ4n) is 4.84. The number of nitrogens with one attached hydrogen (secondary N) is 1. The fraction of sp³-hybridized carbons (Fsp3) is 0.276. The van der Waals surface area contributed by atoms with Gasteiger partial charge in [-0.25, -0.2) is 0 Å². The molecule has 2 aliphatic rings. The minimum atomic E-state index is -0.655. The summed E-state index contributed by atoms with van der Waals surface area (Å²) < 4.78 is 0. The van der Waals surface area contributed by atoms with Gasteiger partial charge in [-0.05, 0) is 23.1 Å². The highest BCUT2D eigenvalue weighted by atomic mass is 32.2. The molecule has 5 nitrogen and oxygen atoms in total. The Balaban J connectivity index is 1.39. The smallest absolute Gasteiger partial charge is 0.246 e. The number of carbonyl (C=O) groups is 3. The predicted molar refractivity (Wildman–Crippen MR) is 146 cm³/mol. The molecule has 3 aromatic carbocycles. The van der Waals surface area contributed by atoms with E-state index in [1.807, 2.05) is 77.3 Å². The minimum absolute atomic E-state index is 0.0310. The summed E-state index contributed by atoms with van der Waals surface area (Å²) in [5.74, 6) is 1.43. The van der Waals surface area contributed by atoms with Crippen LogP contribution in [0.25, 0.3) is 0 Å². The summed E-state index contributed by atoms with van der Waals surface area (Å²) in [7, 11) is 0. The van der Waals surface area contributed by atoms with Crippen molar-refractivity contribution in [1.82, 2.24) is 10.2 Å². The van der Waals surface area contributed by atoms with E-state index in [1.54, 1.807) is 12.1 Å². The molecular weight excluding hydrogens is 488 g/mol. The number of amides is 2. The van der Waals surface area contributed by atoms with E-state index in [2.05, 4.69) is 17.4 Å². The van der Waals surface area contributed by atoms with Crippen LogP contribution < -0.4 is 5.32 Å². The van der Waals surface area contributed by atoms with Crippen LogP contribution >= 0.6 is 23.5 Å². The Morgan fingerprint density at radius 3 is 2.44 bits per heavy atom. The highest BCUT2D eigenvalue weighted by Gasteiger charge is 2.39. The third kappa shape index (κ3) is 5.52. The molecule has 2 aliphatic heterocycles. The Labute approximate surface area is 220 Å². The normalized spacial score (nSPS) is 20.0. The SMILES string of the molecule is O=C(S[C@@H](Cc1ccccc1)C(=O)NC1Cc2ccccc2C2CSCCN2C1=O)c1ccccc1. The first-order valence-electron chi connectivity index (χ1n) is 12.2. The van der Waals surface area contributed by atoms with Gasteiger partial charge in [0.1, 0.15) is 6.04 Å². The topological polar surface area (TPSA) is 66.5 Å². The lowest BCUT2D eigenvalue weighted by Gasteiger charge is -2.36. The molecule has 0 bridgehead atoms. The maximum atomic E-state index is 13.7. The summed E-state index contributed by atoms with van der Waals surface area (Å²) in [6, 6.07) is 26.2. The van der Waals surface area contributed by atoms with E-state index in [9.17, 15) is 14.4 Å². The van der Waals surface area contributed by atoms with E-state index in [-0.39, 0.29) is 23.0 Å². The number of carbonyl (C=O) groups excluding carboxylic acids is 3. The van der Waals surface area contributed by atoms with Crippen LogP contribution in [-0.4, -0.2) is 51.2 Å². The van der Waals surface area contributed by atoms with E-state index in [1.165, 1.54) is 5.56 Å². The Hall–Kier alpha value is -3.03. The molecule has 2 unspecified atom stereocenters. The van der Waals surface area contributed by atoms with Crippen LogP contribution in [-0.2, 0) is 22.4 Å². The first-order chi connectivity index (χ1) is 17.6. The lowest BCUT2D eigenvalue weighted by molar-refractivity contribution is -0.137. The molecule has 0 spiro atoms. The van der Waals surface area contributed by atoms with Crippen molar-refractivity contribution >= 4 is 40.5 Å². The molecule has 2 heterocycles. The number of benzene rings is 3. The van der Waals surface area contributed by atoms with E-state index < -0.39 is 11.3 Å². The molecule has 3 aromatic rings. The summed E-state index contributed by atoms with van der Waals surface area (Å²) in [6.45, 7) is 0.670. The third-order valence-electron chi connectivity index (χ3n) is 6.68. The summed E-state index contributed by atoms with van der Waals surface area (Å²) in [5, 5.41) is 2.24. The highest BCUT2D eigenvalue weighted by Crippen LogP contribution is 2.35. The maximum Gasteiger partial charge on any atom is 0.246 e. The van der Waals surface area contributed by atoms with Gasteiger partial charge < -0.3 is 10.2 Å². The summed E-state index contributed by atoms with van der Waals surface area (Å²) in [4.78, 5) is 42.2. The number of hydrogen-bond donors (Lipinski definition) is 1. The highest BCUT2D eigenvalue weighted by molar-refractivity contribution is 8.15. The van der Waals surface area contributed by atoms with Crippen molar-refractivity contribution in [1.29, 1.82) is 0 Å². The zero-order chi connectivity index (χ0) is 24.9. The number of thioether (sulfide) groups is 2. The van der Waals surface area contributed by atoms with Gasteiger partial charge in [0, 0.05) is 30.0 Å². The van der Waals surface area contributed by atoms with Gasteiger partial charge in [-0.1, -0.05) is 96.7 Å². The van der Waals surface area contributed by atoms with Gasteiger partial charge in [-0.15, -0.1) is 0 Å². The molecule has 0 aliphatic carbocycles. The monoisotopic (exact) mass is 516 g/mol. The molecule has 7 heteroatoms. The van der Waals surface area contributed by atoms with Crippen molar-refractivity contribution in [3.05, 3.63) is 107 Å². The van der Waals surface area contributed by atoms with Crippen molar-refractivity contribution in [3.63, 3.8) is 0 Å². The largest absolute Gasteiger partial charge is 0.343 e. The van der Waals surface area contributed by atoms with Gasteiger partial charge in [0.25, 0.3) is 0 Å². The van der Waals surface area contributed by atoms with Gasteiger partial charge in [0.15, 0.2) is 0 Å². The van der Waals surface area contributed by atoms with Gasteiger partial charge in [-0.2, -0.15) is 11.8 Å². The maximum absolute atomic E-state index is 13.7. The molecule has 5 rings (SSSR count). The van der Waals surface area contributed by atoms with E-state index >= 15 is 0 Å². The van der Waals surface area contributed by atoms with Crippen molar-refractivity contribution in [2.45, 2.75) is 30.2 Å². The second-order valence-corrected chi connectivity index (χ2v) is 11.4. The van der Waals surface area contributed by atoms with Crippen LogP contribution in [0, 0.1) is 0 Å². The number of fused-ring (bicyclic) bond motifs is 3. The molecule has 3 atom stereocenters. The van der Waals surface area contributed by atoms with Gasteiger partial charge in [0.2, 0.25) is 16.9 Å². The molecular formula is C29H28N2O3S2. The lowest BCUT2D eigenvalue weighted by Crippen LogP contribution is -2.52. The van der Waals surface area contributed by atoms with Crippen molar-refractivity contribution in [3.8, 4) is 0 Å². The molecule has 0 radical (unpaired) electrons. The van der Waals surface area contributed by atoms with Crippen LogP contribution in [0.5, 0.6) is 0 Å². The summed E-state index contributed by atoms with van der Waals surface area (Å²) in [6.07, 6.45) is 0.851. The molecule has 0 aromatic heterocycles. The van der Waals surface area contributed by atoms with E-state index in [4.69, 9.17) is 0 Å². The van der Waals surface area contributed by atoms with Crippen LogP contribution in [0.3, 0.4) is 0 Å².